The van der Waals surface area contributed by atoms with Crippen molar-refractivity contribution in [2.45, 2.75) is 26.8 Å². The lowest BCUT2D eigenvalue weighted by molar-refractivity contribution is -0.146. The second kappa shape index (κ2) is 13.1. The zero-order valence-electron chi connectivity index (χ0n) is 21.1. The van der Waals surface area contributed by atoms with Gasteiger partial charge in [0, 0.05) is 49.7 Å². The van der Waals surface area contributed by atoms with Gasteiger partial charge in [-0.25, -0.2) is 13.6 Å². The number of aryl methyl sites for hydroxylation is 1. The Labute approximate surface area is 221 Å². The molecule has 3 rings (SSSR count). The molecule has 0 amide bonds. The smallest absolute Gasteiger partial charge is 0.338 e. The van der Waals surface area contributed by atoms with Crippen LogP contribution in [0.4, 0.5) is 8.78 Å². The highest BCUT2D eigenvalue weighted by Gasteiger charge is 2.20. The monoisotopic (exact) mass is 538 g/mol. The minimum atomic E-state index is -1.01. The number of ether oxygens (including phenoxy) is 2. The van der Waals surface area contributed by atoms with E-state index < -0.39 is 46.6 Å². The first kappa shape index (κ1) is 28.7. The molecule has 0 fully saturated rings. The summed E-state index contributed by atoms with van der Waals surface area (Å²) in [6.45, 7) is 2.16. The van der Waals surface area contributed by atoms with Gasteiger partial charge in [0.25, 0.3) is 11.5 Å². The number of nitrogens with zero attached hydrogens (tertiary/aromatic N) is 2. The fourth-order valence-corrected chi connectivity index (χ4v) is 3.51. The molecular weight excluding hydrogens is 514 g/mol. The van der Waals surface area contributed by atoms with E-state index >= 15 is 0 Å². The molecule has 0 spiro atoms. The van der Waals surface area contributed by atoms with E-state index in [1.54, 1.807) is 18.2 Å². The number of esters is 2. The van der Waals surface area contributed by atoms with Crippen molar-refractivity contribution in [3.05, 3.63) is 104 Å². The summed E-state index contributed by atoms with van der Waals surface area (Å²) in [6.07, 6.45) is 1.29. The first-order chi connectivity index (χ1) is 18.5. The molecule has 0 aliphatic heterocycles. The van der Waals surface area contributed by atoms with Crippen molar-refractivity contribution in [1.29, 1.82) is 0 Å². The number of benzene rings is 2. The maximum atomic E-state index is 13.6. The summed E-state index contributed by atoms with van der Waals surface area (Å²) in [5.74, 6) is 0.756. The van der Waals surface area contributed by atoms with Crippen molar-refractivity contribution in [1.82, 2.24) is 9.13 Å². The van der Waals surface area contributed by atoms with Crippen LogP contribution in [0.2, 0.25) is 0 Å². The summed E-state index contributed by atoms with van der Waals surface area (Å²) in [5.41, 5.74) is -2.22. The molecule has 0 radical (unpaired) electrons. The number of halogens is 2. The third-order valence-corrected chi connectivity index (χ3v) is 5.41. The Balaban J connectivity index is 2.05. The molecule has 0 aliphatic rings. The van der Waals surface area contributed by atoms with Crippen LogP contribution in [0.25, 0.3) is 0 Å². The van der Waals surface area contributed by atoms with Crippen LogP contribution in [0.3, 0.4) is 0 Å². The van der Waals surface area contributed by atoms with Gasteiger partial charge in [0.05, 0.1) is 13.2 Å². The zero-order chi connectivity index (χ0) is 28.5. The predicted octanol–water partition coefficient (Wildman–Crippen LogP) is 2.51. The van der Waals surface area contributed by atoms with Gasteiger partial charge >= 0.3 is 17.6 Å². The number of carbonyl (C=O) groups excluding carboxylic acids is 3. The molecule has 0 N–H and O–H groups in total. The van der Waals surface area contributed by atoms with Gasteiger partial charge in [0.1, 0.15) is 17.2 Å². The number of hydrogen-bond acceptors (Lipinski definition) is 7. The maximum Gasteiger partial charge on any atom is 0.338 e. The van der Waals surface area contributed by atoms with Crippen LogP contribution < -0.4 is 11.2 Å². The van der Waals surface area contributed by atoms with Gasteiger partial charge in [-0.15, -0.1) is 0 Å². The zero-order valence-corrected chi connectivity index (χ0v) is 21.1. The highest BCUT2D eigenvalue weighted by atomic mass is 19.1. The second-order valence-electron chi connectivity index (χ2n) is 8.50. The third-order valence-electron chi connectivity index (χ3n) is 5.41. The molecule has 0 unspecified atom stereocenters. The SMILES string of the molecule is CC(=O)OCC(CCn1cc(C#Cc2cc(F)cc(F)c2)c(=O)n(C(=O)c2ccccc2)c1=O)COC(C)=O. The molecule has 2 aromatic carbocycles. The molecule has 9 nitrogen and oxygen atoms in total. The van der Waals surface area contributed by atoms with Crippen LogP contribution >= 0.6 is 0 Å². The van der Waals surface area contributed by atoms with E-state index in [1.807, 2.05) is 0 Å². The normalized spacial score (nSPS) is 10.5. The molecule has 0 aliphatic carbocycles. The van der Waals surface area contributed by atoms with Gasteiger partial charge < -0.3 is 9.47 Å². The van der Waals surface area contributed by atoms with Crippen molar-refractivity contribution < 1.29 is 32.6 Å². The molecule has 3 aromatic rings. The largest absolute Gasteiger partial charge is 0.465 e. The number of hydrogen-bond donors (Lipinski definition) is 0. The van der Waals surface area contributed by atoms with E-state index in [0.29, 0.717) is 10.6 Å². The van der Waals surface area contributed by atoms with Crippen molar-refractivity contribution in [3.63, 3.8) is 0 Å². The van der Waals surface area contributed by atoms with Crippen molar-refractivity contribution in [2.75, 3.05) is 13.2 Å². The molecule has 1 heterocycles. The van der Waals surface area contributed by atoms with Crippen LogP contribution in [0.1, 0.15) is 41.8 Å². The number of rotatable bonds is 8. The third kappa shape index (κ3) is 8.07. The van der Waals surface area contributed by atoms with E-state index in [-0.39, 0.29) is 42.9 Å². The van der Waals surface area contributed by atoms with Gasteiger partial charge in [-0.3, -0.25) is 23.7 Å². The van der Waals surface area contributed by atoms with Gasteiger partial charge in [-0.2, -0.15) is 4.57 Å². The Morgan fingerprint density at radius 2 is 1.49 bits per heavy atom. The Morgan fingerprint density at radius 3 is 2.05 bits per heavy atom. The summed E-state index contributed by atoms with van der Waals surface area (Å²) >= 11 is 0. The maximum absolute atomic E-state index is 13.6. The number of carbonyl (C=O) groups is 3. The molecule has 39 heavy (non-hydrogen) atoms. The van der Waals surface area contributed by atoms with Crippen molar-refractivity contribution >= 4 is 17.8 Å². The van der Waals surface area contributed by atoms with E-state index in [9.17, 15) is 32.8 Å². The Morgan fingerprint density at radius 1 is 0.897 bits per heavy atom. The molecule has 0 bridgehead atoms. The highest BCUT2D eigenvalue weighted by molar-refractivity contribution is 5.95. The average molecular weight is 539 g/mol. The van der Waals surface area contributed by atoms with E-state index in [1.165, 1.54) is 26.0 Å². The average Bonchev–Trinajstić information content (AvgIpc) is 2.88. The van der Waals surface area contributed by atoms with Gasteiger partial charge in [0.2, 0.25) is 0 Å². The Hall–Kier alpha value is -4.85. The van der Waals surface area contributed by atoms with Crippen LogP contribution in [0.5, 0.6) is 0 Å². The van der Waals surface area contributed by atoms with Crippen LogP contribution in [0, 0.1) is 29.4 Å². The fraction of sp³-hybridized carbons (Fsp3) is 0.250. The van der Waals surface area contributed by atoms with Gasteiger partial charge in [0.15, 0.2) is 0 Å². The van der Waals surface area contributed by atoms with E-state index in [4.69, 9.17) is 9.47 Å². The molecule has 202 valence electrons. The molecule has 0 saturated carbocycles. The fourth-order valence-electron chi connectivity index (χ4n) is 3.51. The standard InChI is InChI=1S/C28H24F2N2O7/c1-18(33)38-16-21(17-39-19(2)34)10-11-31-15-23(9-8-20-12-24(29)14-25(30)13-20)27(36)32(28(31)37)26(35)22-6-4-3-5-7-22/h3-7,12-15,21H,10-11,16-17H2,1-2H3. The first-order valence-electron chi connectivity index (χ1n) is 11.8. The summed E-state index contributed by atoms with van der Waals surface area (Å²) in [5, 5.41) is 0. The Kier molecular flexibility index (Phi) is 9.64. The molecular formula is C28H24F2N2O7. The Bertz CT molecular complexity index is 1530. The predicted molar refractivity (Wildman–Crippen MR) is 135 cm³/mol. The number of aromatic nitrogens is 2. The van der Waals surface area contributed by atoms with Gasteiger partial charge in [-0.1, -0.05) is 30.0 Å². The van der Waals surface area contributed by atoms with Crippen molar-refractivity contribution in [3.8, 4) is 11.8 Å². The summed E-state index contributed by atoms with van der Waals surface area (Å²) in [4.78, 5) is 62.1. The molecule has 0 atom stereocenters. The minimum Gasteiger partial charge on any atom is -0.465 e. The molecule has 0 saturated heterocycles. The minimum absolute atomic E-state index is 0.0617. The molecule has 1 aromatic heterocycles. The summed E-state index contributed by atoms with van der Waals surface area (Å²) in [7, 11) is 0. The lowest BCUT2D eigenvalue weighted by Gasteiger charge is -2.17. The lowest BCUT2D eigenvalue weighted by Crippen LogP contribution is -2.45. The second-order valence-corrected chi connectivity index (χ2v) is 8.50. The van der Waals surface area contributed by atoms with E-state index in [0.717, 1.165) is 22.9 Å². The van der Waals surface area contributed by atoms with Gasteiger partial charge in [-0.05, 0) is 30.7 Å². The quantitative estimate of drug-likeness (QED) is 0.320. The summed E-state index contributed by atoms with van der Waals surface area (Å²) in [6, 6.07) is 10.2. The van der Waals surface area contributed by atoms with Crippen LogP contribution in [-0.2, 0) is 25.6 Å². The van der Waals surface area contributed by atoms with Crippen LogP contribution in [-0.4, -0.2) is 40.2 Å². The topological polar surface area (TPSA) is 114 Å². The van der Waals surface area contributed by atoms with E-state index in [2.05, 4.69) is 11.8 Å². The highest BCUT2D eigenvalue weighted by Crippen LogP contribution is 2.09. The van der Waals surface area contributed by atoms with Crippen LogP contribution in [0.15, 0.2) is 64.3 Å². The summed E-state index contributed by atoms with van der Waals surface area (Å²) < 4.78 is 38.7. The van der Waals surface area contributed by atoms with Crippen molar-refractivity contribution in [2.24, 2.45) is 5.92 Å². The first-order valence-corrected chi connectivity index (χ1v) is 11.8. The lowest BCUT2D eigenvalue weighted by atomic mass is 10.1. The molecule has 11 heteroatoms.